The maximum absolute atomic E-state index is 12.1. The van der Waals surface area contributed by atoms with Crippen molar-refractivity contribution in [1.29, 1.82) is 0 Å². The van der Waals surface area contributed by atoms with Gasteiger partial charge in [-0.1, -0.05) is 0 Å². The molecular formula is C16H15BrO6. The second-order valence-electron chi connectivity index (χ2n) is 4.60. The van der Waals surface area contributed by atoms with Crippen molar-refractivity contribution in [1.82, 2.24) is 0 Å². The van der Waals surface area contributed by atoms with Crippen molar-refractivity contribution in [2.24, 2.45) is 0 Å². The van der Waals surface area contributed by atoms with Crippen LogP contribution < -0.4 is 4.74 Å². The molecule has 23 heavy (non-hydrogen) atoms. The quantitative estimate of drug-likeness (QED) is 0.736. The number of methoxy groups -OCH3 is 2. The Labute approximate surface area is 141 Å². The molecule has 2 aromatic rings. The van der Waals surface area contributed by atoms with E-state index in [4.69, 9.17) is 13.9 Å². The highest BCUT2D eigenvalue weighted by molar-refractivity contribution is 9.10. The van der Waals surface area contributed by atoms with Gasteiger partial charge in [0, 0.05) is 4.47 Å². The highest BCUT2D eigenvalue weighted by Gasteiger charge is 2.18. The van der Waals surface area contributed by atoms with Gasteiger partial charge in [-0.05, 0) is 47.1 Å². The molecule has 0 fully saturated rings. The fourth-order valence-electron chi connectivity index (χ4n) is 1.93. The number of hydrogen-bond acceptors (Lipinski definition) is 6. The topological polar surface area (TPSA) is 75.0 Å². The second-order valence-corrected chi connectivity index (χ2v) is 5.45. The van der Waals surface area contributed by atoms with Gasteiger partial charge >= 0.3 is 11.9 Å². The predicted molar refractivity (Wildman–Crippen MR) is 84.6 cm³/mol. The molecule has 0 saturated heterocycles. The molecule has 0 saturated carbocycles. The Morgan fingerprint density at radius 1 is 1.13 bits per heavy atom. The standard InChI is InChI=1S/C16H15BrO6/c1-9-12(15(18)21-3)7-11(23-9)8-22-16(19)13-6-10(20-2)4-5-14(13)17/h4-7H,8H2,1-3H3. The van der Waals surface area contributed by atoms with Crippen LogP contribution in [0, 0.1) is 6.92 Å². The van der Waals surface area contributed by atoms with Crippen LogP contribution in [-0.4, -0.2) is 26.2 Å². The molecule has 0 radical (unpaired) electrons. The van der Waals surface area contributed by atoms with Gasteiger partial charge in [0.1, 0.15) is 29.4 Å². The van der Waals surface area contributed by atoms with E-state index in [2.05, 4.69) is 20.7 Å². The summed E-state index contributed by atoms with van der Waals surface area (Å²) in [4.78, 5) is 23.7. The van der Waals surface area contributed by atoms with Crippen molar-refractivity contribution >= 4 is 27.9 Å². The average Bonchev–Trinajstić information content (AvgIpc) is 2.93. The zero-order valence-electron chi connectivity index (χ0n) is 12.8. The van der Waals surface area contributed by atoms with Crippen molar-refractivity contribution in [3.63, 3.8) is 0 Å². The Hall–Kier alpha value is -2.28. The third-order valence-corrected chi connectivity index (χ3v) is 3.80. The summed E-state index contributed by atoms with van der Waals surface area (Å²) in [6.07, 6.45) is 0. The van der Waals surface area contributed by atoms with E-state index in [-0.39, 0.29) is 6.61 Å². The maximum Gasteiger partial charge on any atom is 0.341 e. The predicted octanol–water partition coefficient (Wildman–Crippen LogP) is 3.50. The van der Waals surface area contributed by atoms with E-state index < -0.39 is 11.9 Å². The minimum absolute atomic E-state index is 0.0969. The van der Waals surface area contributed by atoms with E-state index in [1.165, 1.54) is 20.3 Å². The Bertz CT molecular complexity index is 734. The number of esters is 2. The third-order valence-electron chi connectivity index (χ3n) is 3.11. The highest BCUT2D eigenvalue weighted by atomic mass is 79.9. The van der Waals surface area contributed by atoms with E-state index in [1.54, 1.807) is 25.1 Å². The van der Waals surface area contributed by atoms with E-state index in [9.17, 15) is 9.59 Å². The molecule has 6 nitrogen and oxygen atoms in total. The molecule has 1 aromatic carbocycles. The fourth-order valence-corrected chi connectivity index (χ4v) is 2.34. The van der Waals surface area contributed by atoms with Crippen molar-refractivity contribution in [3.05, 3.63) is 51.4 Å². The fraction of sp³-hybridized carbons (Fsp3) is 0.250. The molecule has 0 aliphatic carbocycles. The number of aryl methyl sites for hydroxylation is 1. The Balaban J connectivity index is 2.09. The molecule has 7 heteroatoms. The molecule has 0 bridgehead atoms. The van der Waals surface area contributed by atoms with Crippen molar-refractivity contribution in [2.75, 3.05) is 14.2 Å². The first-order chi connectivity index (χ1) is 11.0. The molecule has 0 N–H and O–H groups in total. The van der Waals surface area contributed by atoms with Crippen LogP contribution in [0.25, 0.3) is 0 Å². The van der Waals surface area contributed by atoms with Gasteiger partial charge < -0.3 is 18.6 Å². The van der Waals surface area contributed by atoms with Crippen LogP contribution in [-0.2, 0) is 16.1 Å². The van der Waals surface area contributed by atoms with E-state index in [0.717, 1.165) is 0 Å². The van der Waals surface area contributed by atoms with Gasteiger partial charge in [0.2, 0.25) is 0 Å². The zero-order chi connectivity index (χ0) is 17.0. The summed E-state index contributed by atoms with van der Waals surface area (Å²) in [5.41, 5.74) is 0.641. The van der Waals surface area contributed by atoms with Crippen LogP contribution in [0.2, 0.25) is 0 Å². The Morgan fingerprint density at radius 2 is 1.87 bits per heavy atom. The first kappa shape index (κ1) is 17.1. The summed E-state index contributed by atoms with van der Waals surface area (Å²) in [5.74, 6) is 0.270. The molecule has 1 heterocycles. The summed E-state index contributed by atoms with van der Waals surface area (Å²) in [6.45, 7) is 1.54. The number of hydrogen-bond donors (Lipinski definition) is 0. The van der Waals surface area contributed by atoms with Crippen molar-refractivity contribution < 1.29 is 28.2 Å². The largest absolute Gasteiger partial charge is 0.497 e. The van der Waals surface area contributed by atoms with Gasteiger partial charge in [-0.2, -0.15) is 0 Å². The minimum atomic E-state index is -0.538. The number of halogens is 1. The van der Waals surface area contributed by atoms with E-state index in [0.29, 0.717) is 32.9 Å². The molecule has 122 valence electrons. The van der Waals surface area contributed by atoms with Gasteiger partial charge in [-0.15, -0.1) is 0 Å². The van der Waals surface area contributed by atoms with Crippen LogP contribution in [0.3, 0.4) is 0 Å². The molecule has 0 aliphatic heterocycles. The van der Waals surface area contributed by atoms with Crippen LogP contribution >= 0.6 is 15.9 Å². The molecular weight excluding hydrogens is 368 g/mol. The average molecular weight is 383 g/mol. The summed E-state index contributed by atoms with van der Waals surface area (Å²) in [6, 6.07) is 6.48. The van der Waals surface area contributed by atoms with Crippen LogP contribution in [0.5, 0.6) is 5.75 Å². The van der Waals surface area contributed by atoms with E-state index in [1.807, 2.05) is 0 Å². The van der Waals surface area contributed by atoms with E-state index >= 15 is 0 Å². The molecule has 0 atom stereocenters. The summed E-state index contributed by atoms with van der Waals surface area (Å²) < 4.78 is 20.9. The molecule has 0 spiro atoms. The number of carbonyl (C=O) groups is 2. The maximum atomic E-state index is 12.1. The van der Waals surface area contributed by atoms with Gasteiger partial charge in [-0.25, -0.2) is 9.59 Å². The molecule has 0 amide bonds. The lowest BCUT2D eigenvalue weighted by Crippen LogP contribution is -2.06. The summed E-state index contributed by atoms with van der Waals surface area (Å²) >= 11 is 3.29. The second kappa shape index (κ2) is 7.32. The van der Waals surface area contributed by atoms with Gasteiger partial charge in [-0.3, -0.25) is 0 Å². The molecule has 0 aliphatic rings. The third kappa shape index (κ3) is 3.92. The number of carbonyl (C=O) groups excluding carboxylic acids is 2. The van der Waals surface area contributed by atoms with Gasteiger partial charge in [0.25, 0.3) is 0 Å². The monoisotopic (exact) mass is 382 g/mol. The number of furan rings is 1. The lowest BCUT2D eigenvalue weighted by atomic mass is 10.2. The first-order valence-electron chi connectivity index (χ1n) is 6.64. The lowest BCUT2D eigenvalue weighted by Gasteiger charge is -2.07. The number of ether oxygens (including phenoxy) is 3. The highest BCUT2D eigenvalue weighted by Crippen LogP contribution is 2.24. The number of rotatable bonds is 5. The molecule has 2 rings (SSSR count). The zero-order valence-corrected chi connectivity index (χ0v) is 14.4. The van der Waals surface area contributed by atoms with Crippen LogP contribution in [0.1, 0.15) is 32.2 Å². The van der Waals surface area contributed by atoms with Gasteiger partial charge in [0.15, 0.2) is 0 Å². The smallest absolute Gasteiger partial charge is 0.341 e. The van der Waals surface area contributed by atoms with Crippen LogP contribution in [0.4, 0.5) is 0 Å². The molecule has 0 unspecified atom stereocenters. The Kier molecular flexibility index (Phi) is 5.44. The van der Waals surface area contributed by atoms with Crippen molar-refractivity contribution in [2.45, 2.75) is 13.5 Å². The number of benzene rings is 1. The summed E-state index contributed by atoms with van der Waals surface area (Å²) in [7, 11) is 2.80. The Morgan fingerprint density at radius 3 is 2.52 bits per heavy atom. The molecule has 1 aromatic heterocycles. The first-order valence-corrected chi connectivity index (χ1v) is 7.43. The van der Waals surface area contributed by atoms with Crippen molar-refractivity contribution in [3.8, 4) is 5.75 Å². The SMILES string of the molecule is COC(=O)c1cc(COC(=O)c2cc(OC)ccc2Br)oc1C. The van der Waals surface area contributed by atoms with Crippen LogP contribution in [0.15, 0.2) is 33.2 Å². The minimum Gasteiger partial charge on any atom is -0.497 e. The lowest BCUT2D eigenvalue weighted by molar-refractivity contribution is 0.0442. The normalized spacial score (nSPS) is 10.3. The summed E-state index contributed by atoms with van der Waals surface area (Å²) in [5, 5.41) is 0. The van der Waals surface area contributed by atoms with Gasteiger partial charge in [0.05, 0.1) is 19.8 Å².